The molecule has 0 aromatic heterocycles. The van der Waals surface area contributed by atoms with Gasteiger partial charge < -0.3 is 5.41 Å². The van der Waals surface area contributed by atoms with Crippen molar-refractivity contribution in [3.8, 4) is 22.3 Å². The van der Waals surface area contributed by atoms with Crippen molar-refractivity contribution in [3.63, 3.8) is 0 Å². The Bertz CT molecular complexity index is 1940. The molecule has 4 aromatic carbocycles. The van der Waals surface area contributed by atoms with Gasteiger partial charge in [0.25, 0.3) is 0 Å². The number of fused-ring (bicyclic) bond motifs is 3. The molecule has 1 nitrogen and oxygen atoms in total. The summed E-state index contributed by atoms with van der Waals surface area (Å²) in [6, 6.07) is 24.4. The summed E-state index contributed by atoms with van der Waals surface area (Å²) < 4.78 is 0. The molecule has 0 bridgehead atoms. The van der Waals surface area contributed by atoms with Crippen LogP contribution >= 0.6 is 0 Å². The van der Waals surface area contributed by atoms with E-state index in [2.05, 4.69) is 118 Å². The largest absolute Gasteiger partial charge is 0.300 e. The second-order valence-corrected chi connectivity index (χ2v) is 12.4. The first-order valence-electron chi connectivity index (χ1n) is 15.7. The smallest absolute Gasteiger partial charge is 0.0609 e. The first-order chi connectivity index (χ1) is 21.3. The summed E-state index contributed by atoms with van der Waals surface area (Å²) >= 11 is 0. The highest BCUT2D eigenvalue weighted by Gasteiger charge is 2.29. The Labute approximate surface area is 262 Å². The monoisotopic (exact) mass is 571 g/mol. The molecule has 0 heterocycles. The topological polar surface area (TPSA) is 23.9 Å². The molecule has 0 saturated heterocycles. The van der Waals surface area contributed by atoms with Gasteiger partial charge in [0.05, 0.1) is 5.71 Å². The van der Waals surface area contributed by atoms with Crippen molar-refractivity contribution in [2.24, 2.45) is 5.92 Å². The minimum absolute atomic E-state index is 0.406. The lowest BCUT2D eigenvalue weighted by atomic mass is 9.72. The molecule has 0 spiro atoms. The maximum Gasteiger partial charge on any atom is 0.0609 e. The Kier molecular flexibility index (Phi) is 8.06. The van der Waals surface area contributed by atoms with E-state index < -0.39 is 0 Å². The van der Waals surface area contributed by atoms with E-state index in [9.17, 15) is 0 Å². The van der Waals surface area contributed by atoms with Crippen LogP contribution in [-0.2, 0) is 6.42 Å². The third-order valence-electron chi connectivity index (χ3n) is 9.36. The summed E-state index contributed by atoms with van der Waals surface area (Å²) in [7, 11) is 0. The number of benzene rings is 4. The van der Waals surface area contributed by atoms with Gasteiger partial charge in [-0.25, -0.2) is 0 Å². The van der Waals surface area contributed by atoms with Gasteiger partial charge in [-0.1, -0.05) is 118 Å². The molecule has 0 fully saturated rings. The zero-order chi connectivity index (χ0) is 31.0. The molecule has 1 N–H and O–H groups in total. The number of nitrogens with one attached hydrogen (secondary N) is 1. The standard InChI is InChI=1S/C43H41N/c1-7-28(3)31(6)40(44)23-17-29(4)34-20-18-32-19-21-35(26-36(32)25-34)43-37-22-16-27(2)24-39(37)42(33-13-9-8-10-14-33)38-15-11-12-30(5)41(38)43/h7-11,13-23,25-27,30,44H,4,6,12,24H2,1-3,5H3/b23-17-,28-7-,44-40?. The summed E-state index contributed by atoms with van der Waals surface area (Å²) in [6.45, 7) is 17.1. The van der Waals surface area contributed by atoms with Gasteiger partial charge in [-0.15, -0.1) is 0 Å². The fourth-order valence-electron chi connectivity index (χ4n) is 6.72. The summed E-state index contributed by atoms with van der Waals surface area (Å²) in [6.07, 6.45) is 17.3. The predicted octanol–water partition coefficient (Wildman–Crippen LogP) is 12.0. The second-order valence-electron chi connectivity index (χ2n) is 12.4. The first kappa shape index (κ1) is 29.3. The third-order valence-corrected chi connectivity index (χ3v) is 9.36. The van der Waals surface area contributed by atoms with Crippen LogP contribution in [0.2, 0.25) is 0 Å². The van der Waals surface area contributed by atoms with Crippen molar-refractivity contribution >= 4 is 34.2 Å². The van der Waals surface area contributed by atoms with Gasteiger partial charge in [-0.05, 0) is 134 Å². The molecule has 2 aliphatic rings. The maximum atomic E-state index is 8.41. The highest BCUT2D eigenvalue weighted by atomic mass is 14.4. The van der Waals surface area contributed by atoms with Crippen LogP contribution in [0, 0.1) is 11.3 Å². The number of hydrogen-bond donors (Lipinski definition) is 1. The van der Waals surface area contributed by atoms with Gasteiger partial charge >= 0.3 is 0 Å². The van der Waals surface area contributed by atoms with Gasteiger partial charge in [-0.3, -0.25) is 0 Å². The number of allylic oxidation sites excluding steroid dienone is 8. The average molecular weight is 572 g/mol. The molecule has 2 aliphatic carbocycles. The lowest BCUT2D eigenvalue weighted by molar-refractivity contribution is 0.715. The third kappa shape index (κ3) is 5.40. The molecule has 4 aromatic rings. The van der Waals surface area contributed by atoms with Crippen molar-refractivity contribution in [2.45, 2.75) is 46.5 Å². The van der Waals surface area contributed by atoms with E-state index in [-0.39, 0.29) is 0 Å². The van der Waals surface area contributed by atoms with Crippen LogP contribution in [0.25, 0.3) is 50.8 Å². The van der Waals surface area contributed by atoms with Crippen LogP contribution in [0.4, 0.5) is 0 Å². The SMILES string of the molecule is C=C(C(=N)/C=C\C(=C)c1ccc2ccc(-c3c4c(c(-c5ccccc5)c5c3C(C)CC=C5)CC(C)C=C4)cc2c1)/C(C)=C\C. The Hall–Kier alpha value is -4.75. The van der Waals surface area contributed by atoms with Gasteiger partial charge in [0.15, 0.2) is 0 Å². The summed E-state index contributed by atoms with van der Waals surface area (Å²) in [5.41, 5.74) is 15.1. The Morgan fingerprint density at radius 3 is 2.39 bits per heavy atom. The van der Waals surface area contributed by atoms with E-state index in [1.165, 1.54) is 55.3 Å². The van der Waals surface area contributed by atoms with E-state index in [0.29, 0.717) is 17.5 Å². The quantitative estimate of drug-likeness (QED) is 0.168. The molecular formula is C43H41N. The molecule has 6 rings (SSSR count). The lowest BCUT2D eigenvalue weighted by Gasteiger charge is -2.32. The average Bonchev–Trinajstić information content (AvgIpc) is 3.05. The van der Waals surface area contributed by atoms with Crippen molar-refractivity contribution in [1.82, 2.24) is 0 Å². The fraction of sp³-hybridized carbons (Fsp3) is 0.186. The van der Waals surface area contributed by atoms with E-state index >= 15 is 0 Å². The number of rotatable bonds is 7. The minimum atomic E-state index is 0.406. The molecule has 44 heavy (non-hydrogen) atoms. The fourth-order valence-corrected chi connectivity index (χ4v) is 6.72. The van der Waals surface area contributed by atoms with Crippen LogP contribution < -0.4 is 0 Å². The zero-order valence-corrected chi connectivity index (χ0v) is 26.4. The second kappa shape index (κ2) is 12.1. The molecule has 0 radical (unpaired) electrons. The summed E-state index contributed by atoms with van der Waals surface area (Å²) in [5, 5.41) is 10.8. The van der Waals surface area contributed by atoms with Crippen LogP contribution in [-0.4, -0.2) is 5.71 Å². The maximum absolute atomic E-state index is 8.41. The molecule has 0 aliphatic heterocycles. The minimum Gasteiger partial charge on any atom is -0.300 e. The van der Waals surface area contributed by atoms with E-state index in [0.717, 1.165) is 35.1 Å². The molecular weight excluding hydrogens is 530 g/mol. The van der Waals surface area contributed by atoms with E-state index in [1.807, 2.05) is 26.0 Å². The van der Waals surface area contributed by atoms with Crippen molar-refractivity contribution < 1.29 is 0 Å². The molecule has 0 saturated carbocycles. The molecule has 2 atom stereocenters. The van der Waals surface area contributed by atoms with Gasteiger partial charge in [0.1, 0.15) is 0 Å². The Balaban J connectivity index is 1.49. The Morgan fingerprint density at radius 2 is 1.61 bits per heavy atom. The summed E-state index contributed by atoms with van der Waals surface area (Å²) in [5.74, 6) is 0.924. The van der Waals surface area contributed by atoms with Gasteiger partial charge in [0.2, 0.25) is 0 Å². The van der Waals surface area contributed by atoms with Crippen LogP contribution in [0.15, 0.2) is 121 Å². The number of hydrogen-bond acceptors (Lipinski definition) is 1. The first-order valence-corrected chi connectivity index (χ1v) is 15.7. The molecule has 218 valence electrons. The molecule has 1 heteroatoms. The van der Waals surface area contributed by atoms with Crippen molar-refractivity contribution in [1.29, 1.82) is 5.41 Å². The highest BCUT2D eigenvalue weighted by molar-refractivity contribution is 6.09. The van der Waals surface area contributed by atoms with Crippen molar-refractivity contribution in [3.05, 3.63) is 149 Å². The lowest BCUT2D eigenvalue weighted by Crippen LogP contribution is -2.13. The zero-order valence-electron chi connectivity index (χ0n) is 26.4. The summed E-state index contributed by atoms with van der Waals surface area (Å²) in [4.78, 5) is 0. The van der Waals surface area contributed by atoms with Crippen LogP contribution in [0.1, 0.15) is 67.9 Å². The predicted molar refractivity (Wildman–Crippen MR) is 193 cm³/mol. The van der Waals surface area contributed by atoms with Gasteiger partial charge in [0, 0.05) is 0 Å². The van der Waals surface area contributed by atoms with Crippen LogP contribution in [0.3, 0.4) is 0 Å². The van der Waals surface area contributed by atoms with Crippen molar-refractivity contribution in [2.75, 3.05) is 0 Å². The molecule has 2 unspecified atom stereocenters. The van der Waals surface area contributed by atoms with E-state index in [1.54, 1.807) is 6.08 Å². The van der Waals surface area contributed by atoms with Crippen LogP contribution in [0.5, 0.6) is 0 Å². The normalized spacial score (nSPS) is 17.5. The van der Waals surface area contributed by atoms with Gasteiger partial charge in [-0.2, -0.15) is 0 Å². The molecule has 0 amide bonds. The van der Waals surface area contributed by atoms with E-state index in [4.69, 9.17) is 5.41 Å². The highest BCUT2D eigenvalue weighted by Crippen LogP contribution is 2.49. The Morgan fingerprint density at radius 1 is 0.841 bits per heavy atom.